The topological polar surface area (TPSA) is 64.3 Å². The number of ether oxygens (including phenoxy) is 1. The summed E-state index contributed by atoms with van der Waals surface area (Å²) < 4.78 is 43.0. The summed E-state index contributed by atoms with van der Waals surface area (Å²) in [6.45, 7) is 0.280. The van der Waals surface area contributed by atoms with Crippen LogP contribution in [0.2, 0.25) is 0 Å². The van der Waals surface area contributed by atoms with E-state index in [1.54, 1.807) is 12.3 Å². The van der Waals surface area contributed by atoms with Crippen molar-refractivity contribution in [2.45, 2.75) is 31.0 Å². The lowest BCUT2D eigenvalue weighted by atomic mass is 10.2. The normalized spacial score (nSPS) is 17.4. The number of benzene rings is 1. The molecule has 1 aliphatic heterocycles. The van der Waals surface area contributed by atoms with E-state index in [0.717, 1.165) is 24.4 Å². The molecule has 27 heavy (non-hydrogen) atoms. The van der Waals surface area contributed by atoms with Crippen molar-refractivity contribution in [1.29, 1.82) is 0 Å². The standard InChI is InChI=1S/C17H16F3N5OS/c18-17(19,20)26-12-4-1-3-11(9-12)10-22-14-16-24-23-15(13-5-2-8-27-13)25(16)7-6-21-14/h1,3-4,6-7,9,13H,2,5,8,10H2,(H,21,22)/t13-/m0/s1. The molecule has 0 aliphatic carbocycles. The highest BCUT2D eigenvalue weighted by Crippen LogP contribution is 2.39. The minimum Gasteiger partial charge on any atom is -0.406 e. The Labute approximate surface area is 157 Å². The van der Waals surface area contributed by atoms with Gasteiger partial charge in [0.1, 0.15) is 5.75 Å². The highest BCUT2D eigenvalue weighted by molar-refractivity contribution is 7.99. The summed E-state index contributed by atoms with van der Waals surface area (Å²) >= 11 is 1.87. The minimum absolute atomic E-state index is 0.254. The number of aromatic nitrogens is 4. The minimum atomic E-state index is -4.71. The zero-order valence-corrected chi connectivity index (χ0v) is 14.9. The molecule has 142 valence electrons. The second-order valence-electron chi connectivity index (χ2n) is 6.08. The molecule has 0 spiro atoms. The fraction of sp³-hybridized carbons (Fsp3) is 0.353. The molecule has 0 amide bonds. The molecule has 3 heterocycles. The van der Waals surface area contributed by atoms with Crippen LogP contribution >= 0.6 is 11.8 Å². The second-order valence-corrected chi connectivity index (χ2v) is 7.39. The van der Waals surface area contributed by atoms with Crippen molar-refractivity contribution < 1.29 is 17.9 Å². The molecule has 0 saturated carbocycles. The van der Waals surface area contributed by atoms with Crippen LogP contribution in [0.25, 0.3) is 5.65 Å². The molecule has 6 nitrogen and oxygen atoms in total. The van der Waals surface area contributed by atoms with Crippen LogP contribution in [0.3, 0.4) is 0 Å². The van der Waals surface area contributed by atoms with Crippen LogP contribution in [-0.2, 0) is 6.54 Å². The van der Waals surface area contributed by atoms with Crippen LogP contribution in [0.4, 0.5) is 19.0 Å². The van der Waals surface area contributed by atoms with Gasteiger partial charge in [-0.05, 0) is 36.3 Å². The smallest absolute Gasteiger partial charge is 0.406 e. The van der Waals surface area contributed by atoms with Gasteiger partial charge in [0.2, 0.25) is 5.65 Å². The maximum absolute atomic E-state index is 12.4. The number of thioether (sulfide) groups is 1. The Kier molecular flexibility index (Phi) is 4.81. The number of hydrogen-bond donors (Lipinski definition) is 1. The summed E-state index contributed by atoms with van der Waals surface area (Å²) in [7, 11) is 0. The van der Waals surface area contributed by atoms with E-state index in [0.29, 0.717) is 22.3 Å². The molecule has 1 aliphatic rings. The molecule has 1 saturated heterocycles. The molecule has 4 rings (SSSR count). The summed E-state index contributed by atoms with van der Waals surface area (Å²) in [5, 5.41) is 12.0. The van der Waals surface area contributed by atoms with Crippen molar-refractivity contribution >= 4 is 23.2 Å². The predicted molar refractivity (Wildman–Crippen MR) is 95.7 cm³/mol. The SMILES string of the molecule is FC(F)(F)Oc1cccc(CNc2nccn3c([C@@H]4CCCS4)nnc23)c1. The van der Waals surface area contributed by atoms with Crippen LogP contribution in [0.15, 0.2) is 36.7 Å². The third-order valence-electron chi connectivity index (χ3n) is 4.16. The van der Waals surface area contributed by atoms with Gasteiger partial charge >= 0.3 is 6.36 Å². The van der Waals surface area contributed by atoms with Crippen LogP contribution in [-0.4, -0.2) is 31.7 Å². The third kappa shape index (κ3) is 4.10. The average Bonchev–Trinajstić information content (AvgIpc) is 3.28. The van der Waals surface area contributed by atoms with Crippen molar-refractivity contribution in [1.82, 2.24) is 19.6 Å². The van der Waals surface area contributed by atoms with Gasteiger partial charge in [-0.3, -0.25) is 4.40 Å². The monoisotopic (exact) mass is 395 g/mol. The van der Waals surface area contributed by atoms with Gasteiger partial charge in [0.05, 0.1) is 5.25 Å². The lowest BCUT2D eigenvalue weighted by Crippen LogP contribution is -2.17. The summed E-state index contributed by atoms with van der Waals surface area (Å²) in [5.74, 6) is 2.29. The number of rotatable bonds is 5. The van der Waals surface area contributed by atoms with Gasteiger partial charge in [-0.1, -0.05) is 12.1 Å². The van der Waals surface area contributed by atoms with Crippen LogP contribution < -0.4 is 10.1 Å². The highest BCUT2D eigenvalue weighted by atomic mass is 32.2. The number of nitrogens with one attached hydrogen (secondary N) is 1. The van der Waals surface area contributed by atoms with Crippen LogP contribution in [0.1, 0.15) is 29.5 Å². The molecule has 1 N–H and O–H groups in total. The van der Waals surface area contributed by atoms with E-state index in [-0.39, 0.29) is 12.3 Å². The lowest BCUT2D eigenvalue weighted by Gasteiger charge is -2.11. The van der Waals surface area contributed by atoms with Crippen molar-refractivity contribution in [2.75, 3.05) is 11.1 Å². The molecule has 0 bridgehead atoms. The Hall–Kier alpha value is -2.49. The zero-order valence-electron chi connectivity index (χ0n) is 14.1. The van der Waals surface area contributed by atoms with Gasteiger partial charge < -0.3 is 10.1 Å². The third-order valence-corrected chi connectivity index (χ3v) is 5.54. The number of anilines is 1. The van der Waals surface area contributed by atoms with Crippen molar-refractivity contribution in [3.8, 4) is 5.75 Å². The van der Waals surface area contributed by atoms with Crippen LogP contribution in [0.5, 0.6) is 5.75 Å². The maximum atomic E-state index is 12.4. The first kappa shape index (κ1) is 17.9. The quantitative estimate of drug-likeness (QED) is 0.699. The maximum Gasteiger partial charge on any atom is 0.573 e. The van der Waals surface area contributed by atoms with Gasteiger partial charge in [-0.15, -0.1) is 23.4 Å². The zero-order chi connectivity index (χ0) is 18.9. The van der Waals surface area contributed by atoms with Gasteiger partial charge in [0, 0.05) is 18.9 Å². The summed E-state index contributed by atoms with van der Waals surface area (Å²) in [6.07, 6.45) is 1.01. The first-order valence-corrected chi connectivity index (χ1v) is 9.44. The molecule has 1 aromatic carbocycles. The molecular formula is C17H16F3N5OS. The van der Waals surface area contributed by atoms with Gasteiger partial charge in [0.25, 0.3) is 0 Å². The molecule has 3 aromatic rings. The van der Waals surface area contributed by atoms with Gasteiger partial charge in [-0.2, -0.15) is 11.8 Å². The number of halogens is 3. The lowest BCUT2D eigenvalue weighted by molar-refractivity contribution is -0.274. The number of fused-ring (bicyclic) bond motifs is 1. The fourth-order valence-electron chi connectivity index (χ4n) is 3.01. The van der Waals surface area contributed by atoms with E-state index in [4.69, 9.17) is 0 Å². The van der Waals surface area contributed by atoms with Gasteiger partial charge in [-0.25, -0.2) is 4.98 Å². The Morgan fingerprint density at radius 3 is 2.96 bits per heavy atom. The molecule has 10 heteroatoms. The number of nitrogens with zero attached hydrogens (tertiary/aromatic N) is 4. The van der Waals surface area contributed by atoms with Crippen molar-refractivity contribution in [2.24, 2.45) is 0 Å². The Bertz CT molecular complexity index is 940. The first-order valence-electron chi connectivity index (χ1n) is 8.39. The van der Waals surface area contributed by atoms with E-state index in [9.17, 15) is 13.2 Å². The van der Waals surface area contributed by atoms with E-state index in [1.165, 1.54) is 18.2 Å². The van der Waals surface area contributed by atoms with Crippen molar-refractivity contribution in [3.05, 3.63) is 48.0 Å². The average molecular weight is 395 g/mol. The van der Waals surface area contributed by atoms with Crippen molar-refractivity contribution in [3.63, 3.8) is 0 Å². The fourth-order valence-corrected chi connectivity index (χ4v) is 4.27. The summed E-state index contributed by atoms with van der Waals surface area (Å²) in [5.41, 5.74) is 1.23. The Morgan fingerprint density at radius 2 is 2.19 bits per heavy atom. The van der Waals surface area contributed by atoms with E-state index >= 15 is 0 Å². The highest BCUT2D eigenvalue weighted by Gasteiger charge is 2.31. The molecule has 1 atom stereocenters. The predicted octanol–water partition coefficient (Wildman–Crippen LogP) is 4.20. The first-order chi connectivity index (χ1) is 13.0. The second kappa shape index (κ2) is 7.26. The molecule has 0 unspecified atom stereocenters. The largest absolute Gasteiger partial charge is 0.573 e. The number of hydrogen-bond acceptors (Lipinski definition) is 6. The molecule has 1 fully saturated rings. The van der Waals surface area contributed by atoms with E-state index < -0.39 is 6.36 Å². The molecular weight excluding hydrogens is 379 g/mol. The van der Waals surface area contributed by atoms with E-state index in [2.05, 4.69) is 25.2 Å². The van der Waals surface area contributed by atoms with E-state index in [1.807, 2.05) is 22.4 Å². The summed E-state index contributed by atoms with van der Waals surface area (Å²) in [6, 6.07) is 5.82. The molecule has 0 radical (unpaired) electrons. The number of alkyl halides is 3. The van der Waals surface area contributed by atoms with Gasteiger partial charge in [0.15, 0.2) is 11.6 Å². The summed E-state index contributed by atoms with van der Waals surface area (Å²) in [4.78, 5) is 4.29. The Morgan fingerprint density at radius 1 is 1.30 bits per heavy atom. The Balaban J connectivity index is 1.52. The van der Waals surface area contributed by atoms with Crippen LogP contribution in [0, 0.1) is 0 Å². The molecule has 2 aromatic heterocycles.